The Morgan fingerprint density at radius 2 is 1.76 bits per heavy atom. The summed E-state index contributed by atoms with van der Waals surface area (Å²) >= 11 is 1.10. The molecule has 0 spiro atoms. The first-order valence-electron chi connectivity index (χ1n) is 9.50. The average Bonchev–Trinajstić information content (AvgIpc) is 3.21. The first-order valence-corrected chi connectivity index (χ1v) is 11.8. The van der Waals surface area contributed by atoms with Gasteiger partial charge >= 0.3 is 5.97 Å². The van der Waals surface area contributed by atoms with Crippen molar-refractivity contribution >= 4 is 33.2 Å². The minimum Gasteiger partial charge on any atom is -0.460 e. The first kappa shape index (κ1) is 21.5. The molecule has 2 heterocycles. The van der Waals surface area contributed by atoms with E-state index in [0.717, 1.165) is 36.2 Å². The summed E-state index contributed by atoms with van der Waals surface area (Å²) in [6.45, 7) is 1.01. The van der Waals surface area contributed by atoms with Crippen LogP contribution >= 0.6 is 11.3 Å². The van der Waals surface area contributed by atoms with Crippen LogP contribution in [0.15, 0.2) is 46.7 Å². The fourth-order valence-corrected chi connectivity index (χ4v) is 6.03. The zero-order chi connectivity index (χ0) is 20.7. The summed E-state index contributed by atoms with van der Waals surface area (Å²) in [6, 6.07) is 12.5. The summed E-state index contributed by atoms with van der Waals surface area (Å²) in [5.74, 6) is -0.882. The van der Waals surface area contributed by atoms with E-state index >= 15 is 0 Å². The maximum atomic E-state index is 12.7. The second kappa shape index (κ2) is 10.00. The number of sulfonamides is 1. The lowest BCUT2D eigenvalue weighted by molar-refractivity contribution is -0.145. The van der Waals surface area contributed by atoms with Gasteiger partial charge in [-0.2, -0.15) is 4.31 Å². The second-order valence-electron chi connectivity index (χ2n) is 6.79. The Morgan fingerprint density at radius 1 is 1.03 bits per heavy atom. The van der Waals surface area contributed by atoms with E-state index in [1.165, 1.54) is 4.31 Å². The Labute approximate surface area is 174 Å². The molecule has 1 N–H and O–H groups in total. The molecule has 0 radical (unpaired) electrons. The summed E-state index contributed by atoms with van der Waals surface area (Å²) in [7, 11) is -3.49. The third kappa shape index (κ3) is 6.12. The van der Waals surface area contributed by atoms with Crippen molar-refractivity contribution in [2.45, 2.75) is 36.5 Å². The van der Waals surface area contributed by atoms with E-state index in [0.29, 0.717) is 18.0 Å². The van der Waals surface area contributed by atoms with Crippen molar-refractivity contribution in [2.24, 2.45) is 0 Å². The highest BCUT2D eigenvalue weighted by Crippen LogP contribution is 2.27. The zero-order valence-corrected chi connectivity index (χ0v) is 17.6. The Hall–Kier alpha value is -2.23. The molecule has 1 aliphatic rings. The van der Waals surface area contributed by atoms with Crippen molar-refractivity contribution in [3.05, 3.63) is 52.9 Å². The molecule has 0 aliphatic carbocycles. The molecule has 1 aliphatic heterocycles. The Kier molecular flexibility index (Phi) is 7.40. The van der Waals surface area contributed by atoms with Gasteiger partial charge in [0.2, 0.25) is 5.91 Å². The van der Waals surface area contributed by atoms with Crippen LogP contribution in [0.3, 0.4) is 0 Å². The molecule has 9 heteroatoms. The number of hydrogen-bond donors (Lipinski definition) is 1. The lowest BCUT2D eigenvalue weighted by Gasteiger charge is -2.25. The molecule has 3 rings (SSSR count). The van der Waals surface area contributed by atoms with Gasteiger partial charge in [-0.05, 0) is 30.5 Å². The van der Waals surface area contributed by atoms with E-state index in [9.17, 15) is 18.0 Å². The summed E-state index contributed by atoms with van der Waals surface area (Å²) < 4.78 is 32.2. The van der Waals surface area contributed by atoms with Gasteiger partial charge in [0.1, 0.15) is 17.4 Å². The Morgan fingerprint density at radius 3 is 2.48 bits per heavy atom. The minimum absolute atomic E-state index is 0.0200. The fraction of sp³-hybridized carbons (Fsp3) is 0.400. The summed E-state index contributed by atoms with van der Waals surface area (Å²) in [6.07, 6.45) is 2.82. The minimum atomic E-state index is -3.49. The van der Waals surface area contributed by atoms with Gasteiger partial charge in [-0.15, -0.1) is 11.3 Å². The largest absolute Gasteiger partial charge is 0.460 e. The van der Waals surface area contributed by atoms with Gasteiger partial charge in [-0.25, -0.2) is 8.42 Å². The second-order valence-corrected chi connectivity index (χ2v) is 10.1. The van der Waals surface area contributed by atoms with Crippen LogP contribution in [0.2, 0.25) is 0 Å². The van der Waals surface area contributed by atoms with Crippen LogP contribution in [0.1, 0.15) is 29.7 Å². The highest BCUT2D eigenvalue weighted by molar-refractivity contribution is 7.91. The highest BCUT2D eigenvalue weighted by Gasteiger charge is 2.27. The van der Waals surface area contributed by atoms with Crippen molar-refractivity contribution in [3.63, 3.8) is 0 Å². The lowest BCUT2D eigenvalue weighted by Crippen LogP contribution is -2.35. The SMILES string of the molecule is O=C(Cc1ccc(S(=O)(=O)N2CCCCC2)s1)NCC(=O)OCc1ccccc1. The predicted molar refractivity (Wildman–Crippen MR) is 110 cm³/mol. The number of piperidine rings is 1. The monoisotopic (exact) mass is 436 g/mol. The summed E-state index contributed by atoms with van der Waals surface area (Å²) in [4.78, 5) is 24.5. The summed E-state index contributed by atoms with van der Waals surface area (Å²) in [5, 5.41) is 2.51. The van der Waals surface area contributed by atoms with Gasteiger partial charge in [0, 0.05) is 18.0 Å². The molecule has 2 aromatic rings. The number of amides is 1. The molecular weight excluding hydrogens is 412 g/mol. The molecule has 1 aromatic carbocycles. The number of nitrogens with zero attached hydrogens (tertiary/aromatic N) is 1. The Balaban J connectivity index is 1.45. The summed E-state index contributed by atoms with van der Waals surface area (Å²) in [5.41, 5.74) is 0.869. The van der Waals surface area contributed by atoms with E-state index < -0.39 is 16.0 Å². The van der Waals surface area contributed by atoms with E-state index in [1.54, 1.807) is 12.1 Å². The van der Waals surface area contributed by atoms with E-state index in [4.69, 9.17) is 4.74 Å². The maximum Gasteiger partial charge on any atom is 0.325 e. The third-order valence-electron chi connectivity index (χ3n) is 4.55. The van der Waals surface area contributed by atoms with Gasteiger partial charge in [-0.3, -0.25) is 9.59 Å². The van der Waals surface area contributed by atoms with E-state index in [1.807, 2.05) is 30.3 Å². The molecule has 0 atom stereocenters. The van der Waals surface area contributed by atoms with Crippen LogP contribution in [0.4, 0.5) is 0 Å². The average molecular weight is 437 g/mol. The smallest absolute Gasteiger partial charge is 0.325 e. The van der Waals surface area contributed by atoms with Crippen molar-refractivity contribution in [1.29, 1.82) is 0 Å². The number of benzene rings is 1. The normalized spacial score (nSPS) is 15.0. The van der Waals surface area contributed by atoms with Crippen molar-refractivity contribution in [2.75, 3.05) is 19.6 Å². The molecule has 1 amide bonds. The van der Waals surface area contributed by atoms with Crippen molar-refractivity contribution in [3.8, 4) is 0 Å². The highest BCUT2D eigenvalue weighted by atomic mass is 32.2. The van der Waals surface area contributed by atoms with Crippen LogP contribution in [0.25, 0.3) is 0 Å². The Bertz CT molecular complexity index is 935. The van der Waals surface area contributed by atoms with Crippen LogP contribution < -0.4 is 5.32 Å². The number of nitrogens with one attached hydrogen (secondary N) is 1. The number of rotatable bonds is 8. The number of ether oxygens (including phenoxy) is 1. The molecule has 7 nitrogen and oxygen atoms in total. The number of thiophene rings is 1. The van der Waals surface area contributed by atoms with E-state index in [-0.39, 0.29) is 29.7 Å². The number of esters is 1. The predicted octanol–water partition coefficient (Wildman–Crippen LogP) is 2.32. The molecule has 1 saturated heterocycles. The quantitative estimate of drug-likeness (QED) is 0.641. The van der Waals surface area contributed by atoms with Gasteiger partial charge < -0.3 is 10.1 Å². The molecular formula is C20H24N2O5S2. The number of carbonyl (C=O) groups is 2. The van der Waals surface area contributed by atoms with Crippen LogP contribution in [-0.2, 0) is 37.4 Å². The first-order chi connectivity index (χ1) is 13.9. The number of carbonyl (C=O) groups excluding carboxylic acids is 2. The molecule has 1 fully saturated rings. The van der Waals surface area contributed by atoms with Gasteiger partial charge in [0.15, 0.2) is 0 Å². The van der Waals surface area contributed by atoms with Gasteiger partial charge in [0.05, 0.1) is 6.42 Å². The molecule has 1 aromatic heterocycles. The molecule has 0 unspecified atom stereocenters. The molecule has 0 saturated carbocycles. The zero-order valence-electron chi connectivity index (χ0n) is 16.0. The van der Waals surface area contributed by atoms with Crippen molar-refractivity contribution < 1.29 is 22.7 Å². The van der Waals surface area contributed by atoms with Crippen LogP contribution in [0.5, 0.6) is 0 Å². The fourth-order valence-electron chi connectivity index (χ4n) is 3.00. The third-order valence-corrected chi connectivity index (χ3v) is 8.00. The van der Waals surface area contributed by atoms with E-state index in [2.05, 4.69) is 5.32 Å². The lowest BCUT2D eigenvalue weighted by atomic mass is 10.2. The van der Waals surface area contributed by atoms with Gasteiger partial charge in [0.25, 0.3) is 10.0 Å². The maximum absolute atomic E-state index is 12.7. The molecule has 29 heavy (non-hydrogen) atoms. The van der Waals surface area contributed by atoms with Crippen LogP contribution in [0, 0.1) is 0 Å². The van der Waals surface area contributed by atoms with Gasteiger partial charge in [-0.1, -0.05) is 36.8 Å². The molecule has 156 valence electrons. The van der Waals surface area contributed by atoms with Crippen LogP contribution in [-0.4, -0.2) is 44.2 Å². The topological polar surface area (TPSA) is 92.8 Å². The standard InChI is InChI=1S/C20H24N2O5S2/c23-18(21-14-19(24)27-15-16-7-3-1-4-8-16)13-17-9-10-20(28-17)29(25,26)22-11-5-2-6-12-22/h1,3-4,7-10H,2,5-6,11-15H2,(H,21,23). The number of hydrogen-bond acceptors (Lipinski definition) is 6. The molecule has 0 bridgehead atoms. The van der Waals surface area contributed by atoms with Crippen molar-refractivity contribution in [1.82, 2.24) is 9.62 Å².